The van der Waals surface area contributed by atoms with Gasteiger partial charge in [0.2, 0.25) is 0 Å². The Bertz CT molecular complexity index is 433. The van der Waals surface area contributed by atoms with Crippen LogP contribution >= 0.6 is 0 Å². The molecule has 1 aromatic heterocycles. The lowest BCUT2D eigenvalue weighted by atomic mass is 10.1. The molecule has 0 bridgehead atoms. The molecule has 0 amide bonds. The van der Waals surface area contributed by atoms with E-state index >= 15 is 0 Å². The number of nitrogens with zero attached hydrogens (tertiary/aromatic N) is 3. The van der Waals surface area contributed by atoms with Gasteiger partial charge in [0.1, 0.15) is 17.5 Å². The molecule has 1 saturated heterocycles. The maximum atomic E-state index is 5.47. The fraction of sp³-hybridized carbons (Fsp3) is 0.692. The molecular formula is C13H24N6. The van der Waals surface area contributed by atoms with Crippen molar-refractivity contribution in [3.63, 3.8) is 0 Å². The van der Waals surface area contributed by atoms with Crippen LogP contribution in [0.1, 0.15) is 24.7 Å². The van der Waals surface area contributed by atoms with Crippen molar-refractivity contribution >= 4 is 11.6 Å². The molecule has 1 atom stereocenters. The molecule has 1 fully saturated rings. The zero-order valence-corrected chi connectivity index (χ0v) is 12.0. The Hall–Kier alpha value is -1.40. The summed E-state index contributed by atoms with van der Waals surface area (Å²) in [7, 11) is 0. The van der Waals surface area contributed by atoms with Gasteiger partial charge in [-0.25, -0.2) is 15.8 Å². The lowest BCUT2D eigenvalue weighted by Crippen LogP contribution is -2.23. The second-order valence-corrected chi connectivity index (χ2v) is 5.17. The van der Waals surface area contributed by atoms with Gasteiger partial charge in [0, 0.05) is 18.7 Å². The number of aryl methyl sites for hydroxylation is 1. The van der Waals surface area contributed by atoms with E-state index in [0.717, 1.165) is 30.3 Å². The normalized spacial score (nSPS) is 19.7. The number of likely N-dealkylation sites (tertiary alicyclic amines) is 1. The Morgan fingerprint density at radius 1 is 1.32 bits per heavy atom. The molecule has 0 saturated carbocycles. The van der Waals surface area contributed by atoms with Crippen LogP contribution in [0.2, 0.25) is 0 Å². The summed E-state index contributed by atoms with van der Waals surface area (Å²) in [5.74, 6) is 8.47. The molecule has 2 rings (SSSR count). The molecule has 1 aliphatic heterocycles. The standard InChI is InChI=1S/C13H24N6/c1-4-19-6-5-11(8-19)7-15-12-9(2)13(18-14)17-10(3)16-12/h11H,4-8,14H2,1-3H3,(H2,15,16,17,18). The zero-order valence-electron chi connectivity index (χ0n) is 12.0. The average Bonchev–Trinajstić information content (AvgIpc) is 2.87. The summed E-state index contributed by atoms with van der Waals surface area (Å²) >= 11 is 0. The third-order valence-corrected chi connectivity index (χ3v) is 3.77. The van der Waals surface area contributed by atoms with Gasteiger partial charge < -0.3 is 15.6 Å². The van der Waals surface area contributed by atoms with Gasteiger partial charge >= 0.3 is 0 Å². The molecule has 106 valence electrons. The summed E-state index contributed by atoms with van der Waals surface area (Å²) in [6.45, 7) is 10.5. The topological polar surface area (TPSA) is 79.1 Å². The lowest BCUT2D eigenvalue weighted by molar-refractivity contribution is 0.345. The van der Waals surface area contributed by atoms with E-state index in [2.05, 4.69) is 32.5 Å². The van der Waals surface area contributed by atoms with E-state index < -0.39 is 0 Å². The van der Waals surface area contributed by atoms with E-state index in [0.29, 0.717) is 11.7 Å². The molecule has 0 aliphatic carbocycles. The fourth-order valence-electron chi connectivity index (χ4n) is 2.55. The predicted molar refractivity (Wildman–Crippen MR) is 78.0 cm³/mol. The minimum atomic E-state index is 0.691. The van der Waals surface area contributed by atoms with Crippen molar-refractivity contribution in [2.24, 2.45) is 11.8 Å². The molecule has 0 spiro atoms. The molecule has 0 aromatic carbocycles. The summed E-state index contributed by atoms with van der Waals surface area (Å²) < 4.78 is 0. The summed E-state index contributed by atoms with van der Waals surface area (Å²) in [4.78, 5) is 11.2. The first kappa shape index (κ1) is 14.0. The first-order valence-corrected chi connectivity index (χ1v) is 6.92. The summed E-state index contributed by atoms with van der Waals surface area (Å²) in [6.07, 6.45) is 1.26. The molecule has 4 N–H and O–H groups in total. The van der Waals surface area contributed by atoms with Gasteiger partial charge in [-0.15, -0.1) is 0 Å². The van der Waals surface area contributed by atoms with Crippen LogP contribution in [0.15, 0.2) is 0 Å². The maximum Gasteiger partial charge on any atom is 0.148 e. The number of rotatable bonds is 5. The smallest absolute Gasteiger partial charge is 0.148 e. The molecule has 19 heavy (non-hydrogen) atoms. The van der Waals surface area contributed by atoms with E-state index in [1.54, 1.807) is 0 Å². The number of nitrogens with one attached hydrogen (secondary N) is 2. The highest BCUT2D eigenvalue weighted by Gasteiger charge is 2.21. The van der Waals surface area contributed by atoms with Crippen LogP contribution < -0.4 is 16.6 Å². The van der Waals surface area contributed by atoms with E-state index in [4.69, 9.17) is 5.84 Å². The van der Waals surface area contributed by atoms with Gasteiger partial charge in [0.25, 0.3) is 0 Å². The predicted octanol–water partition coefficient (Wildman–Crippen LogP) is 1.13. The van der Waals surface area contributed by atoms with Crippen molar-refractivity contribution in [3.8, 4) is 0 Å². The van der Waals surface area contributed by atoms with Crippen LogP contribution in [-0.2, 0) is 0 Å². The fourth-order valence-corrected chi connectivity index (χ4v) is 2.55. The van der Waals surface area contributed by atoms with Crippen molar-refractivity contribution in [1.82, 2.24) is 14.9 Å². The Morgan fingerprint density at radius 3 is 2.68 bits per heavy atom. The van der Waals surface area contributed by atoms with Crippen molar-refractivity contribution < 1.29 is 0 Å². The van der Waals surface area contributed by atoms with Crippen LogP contribution in [0.4, 0.5) is 11.6 Å². The van der Waals surface area contributed by atoms with Crippen molar-refractivity contribution in [2.45, 2.75) is 27.2 Å². The van der Waals surface area contributed by atoms with Gasteiger partial charge in [0.05, 0.1) is 0 Å². The van der Waals surface area contributed by atoms with E-state index in [-0.39, 0.29) is 0 Å². The highest BCUT2D eigenvalue weighted by molar-refractivity contribution is 5.56. The Labute approximate surface area is 114 Å². The summed E-state index contributed by atoms with van der Waals surface area (Å²) in [5, 5.41) is 3.44. The second-order valence-electron chi connectivity index (χ2n) is 5.17. The minimum absolute atomic E-state index is 0.691. The van der Waals surface area contributed by atoms with Crippen molar-refractivity contribution in [1.29, 1.82) is 0 Å². The van der Waals surface area contributed by atoms with E-state index in [1.807, 2.05) is 13.8 Å². The van der Waals surface area contributed by atoms with Gasteiger partial charge in [-0.2, -0.15) is 0 Å². The molecule has 6 heteroatoms. The summed E-state index contributed by atoms with van der Waals surface area (Å²) in [5.41, 5.74) is 3.59. The molecule has 1 unspecified atom stereocenters. The SMILES string of the molecule is CCN1CCC(CNc2nc(C)nc(NN)c2C)C1. The molecule has 2 heterocycles. The minimum Gasteiger partial charge on any atom is -0.369 e. The second kappa shape index (κ2) is 6.16. The zero-order chi connectivity index (χ0) is 13.8. The molecule has 0 radical (unpaired) electrons. The van der Waals surface area contributed by atoms with E-state index in [1.165, 1.54) is 19.5 Å². The first-order valence-electron chi connectivity index (χ1n) is 6.92. The largest absolute Gasteiger partial charge is 0.369 e. The highest BCUT2D eigenvalue weighted by atomic mass is 15.3. The van der Waals surface area contributed by atoms with Crippen LogP contribution in [0.25, 0.3) is 0 Å². The number of anilines is 2. The van der Waals surface area contributed by atoms with Crippen LogP contribution in [0.3, 0.4) is 0 Å². The Morgan fingerprint density at radius 2 is 2.05 bits per heavy atom. The lowest BCUT2D eigenvalue weighted by Gasteiger charge is -2.16. The number of hydrogen-bond acceptors (Lipinski definition) is 6. The number of nitrogen functional groups attached to an aromatic ring is 1. The highest BCUT2D eigenvalue weighted by Crippen LogP contribution is 2.21. The number of nitrogens with two attached hydrogens (primary N) is 1. The van der Waals surface area contributed by atoms with Crippen LogP contribution in [0.5, 0.6) is 0 Å². The average molecular weight is 264 g/mol. The third-order valence-electron chi connectivity index (χ3n) is 3.77. The quantitative estimate of drug-likeness (QED) is 0.546. The van der Waals surface area contributed by atoms with Crippen molar-refractivity contribution in [2.75, 3.05) is 36.9 Å². The van der Waals surface area contributed by atoms with Gasteiger partial charge in [-0.05, 0) is 39.3 Å². The molecule has 6 nitrogen and oxygen atoms in total. The Balaban J connectivity index is 1.98. The maximum absolute atomic E-state index is 5.47. The number of hydrogen-bond donors (Lipinski definition) is 3. The monoisotopic (exact) mass is 264 g/mol. The van der Waals surface area contributed by atoms with Gasteiger partial charge in [-0.1, -0.05) is 6.92 Å². The molecule has 1 aromatic rings. The number of hydrazine groups is 1. The van der Waals surface area contributed by atoms with E-state index in [9.17, 15) is 0 Å². The Kier molecular flexibility index (Phi) is 4.55. The van der Waals surface area contributed by atoms with Crippen LogP contribution in [-0.4, -0.2) is 41.0 Å². The van der Waals surface area contributed by atoms with Crippen LogP contribution in [0, 0.1) is 19.8 Å². The first-order chi connectivity index (χ1) is 9.13. The van der Waals surface area contributed by atoms with Crippen molar-refractivity contribution in [3.05, 3.63) is 11.4 Å². The summed E-state index contributed by atoms with van der Waals surface area (Å²) in [6, 6.07) is 0. The van der Waals surface area contributed by atoms with Gasteiger partial charge in [-0.3, -0.25) is 0 Å². The van der Waals surface area contributed by atoms with Gasteiger partial charge in [0.15, 0.2) is 0 Å². The molecule has 1 aliphatic rings. The third kappa shape index (κ3) is 3.33. The molecular weight excluding hydrogens is 240 g/mol. The number of aromatic nitrogens is 2.